The van der Waals surface area contributed by atoms with Crippen molar-refractivity contribution in [3.63, 3.8) is 0 Å². The molecule has 1 N–H and O–H groups in total. The lowest BCUT2D eigenvalue weighted by atomic mass is 9.97. The molecule has 1 atom stereocenters. The van der Waals surface area contributed by atoms with E-state index in [0.29, 0.717) is 12.5 Å². The van der Waals surface area contributed by atoms with E-state index in [9.17, 15) is 21.6 Å². The molecule has 0 fully saturated rings. The summed E-state index contributed by atoms with van der Waals surface area (Å²) in [5.41, 5.74) is 2.58. The quantitative estimate of drug-likeness (QED) is 0.557. The second-order valence-electron chi connectivity index (χ2n) is 6.92. The van der Waals surface area contributed by atoms with Crippen molar-refractivity contribution in [2.45, 2.75) is 37.4 Å². The van der Waals surface area contributed by atoms with E-state index < -0.39 is 32.7 Å². The predicted octanol–water partition coefficient (Wildman–Crippen LogP) is 5.51. The van der Waals surface area contributed by atoms with E-state index >= 15 is 0 Å². The molecule has 1 unspecified atom stereocenters. The number of aryl methyl sites for hydroxylation is 1. The first-order valence-electron chi connectivity index (χ1n) is 9.32. The van der Waals surface area contributed by atoms with E-state index in [1.165, 1.54) is 0 Å². The van der Waals surface area contributed by atoms with Crippen LogP contribution in [0.25, 0.3) is 11.1 Å². The third-order valence-corrected chi connectivity index (χ3v) is 6.27. The predicted molar refractivity (Wildman–Crippen MR) is 109 cm³/mol. The normalized spacial score (nSPS) is 13.2. The zero-order chi connectivity index (χ0) is 21.9. The standard InChI is InChI=1S/C22H21F3N2O2S/c1-3-21(17-7-4-6-16(12-17)20-10-11-26-14-15(20)2)27-30(28,29)19-9-5-8-18(13-19)22(23,24)25/h4-14,21,27H,3H2,1-2H3. The second-order valence-corrected chi connectivity index (χ2v) is 8.64. The summed E-state index contributed by atoms with van der Waals surface area (Å²) < 4.78 is 67.0. The molecule has 4 nitrogen and oxygen atoms in total. The molecule has 30 heavy (non-hydrogen) atoms. The summed E-state index contributed by atoms with van der Waals surface area (Å²) in [5, 5.41) is 0. The van der Waals surface area contributed by atoms with Gasteiger partial charge in [-0.15, -0.1) is 0 Å². The number of nitrogens with zero attached hydrogens (tertiary/aromatic N) is 1. The van der Waals surface area contributed by atoms with Gasteiger partial charge in [0.05, 0.1) is 10.5 Å². The van der Waals surface area contributed by atoms with Crippen LogP contribution in [-0.4, -0.2) is 13.4 Å². The first kappa shape index (κ1) is 22.0. The number of pyridine rings is 1. The van der Waals surface area contributed by atoms with E-state index in [-0.39, 0.29) is 0 Å². The van der Waals surface area contributed by atoms with Gasteiger partial charge in [0.1, 0.15) is 0 Å². The van der Waals surface area contributed by atoms with Crippen molar-refractivity contribution in [2.75, 3.05) is 0 Å². The minimum Gasteiger partial charge on any atom is -0.264 e. The Kier molecular flexibility index (Phi) is 6.28. The molecule has 0 saturated heterocycles. The SMILES string of the molecule is CCC(NS(=O)(=O)c1cccc(C(F)(F)F)c1)c1cccc(-c2ccncc2C)c1. The number of alkyl halides is 3. The van der Waals surface area contributed by atoms with Crippen molar-refractivity contribution in [3.8, 4) is 11.1 Å². The molecule has 0 aliphatic rings. The lowest BCUT2D eigenvalue weighted by molar-refractivity contribution is -0.137. The fourth-order valence-electron chi connectivity index (χ4n) is 3.20. The van der Waals surface area contributed by atoms with Crippen LogP contribution in [0.2, 0.25) is 0 Å². The average Bonchev–Trinajstić information content (AvgIpc) is 2.72. The number of sulfonamides is 1. The average molecular weight is 434 g/mol. The second kappa shape index (κ2) is 8.57. The van der Waals surface area contributed by atoms with Gasteiger partial charge in [-0.05, 0) is 65.9 Å². The van der Waals surface area contributed by atoms with E-state index in [1.807, 2.05) is 38.1 Å². The minimum atomic E-state index is -4.62. The molecule has 0 saturated carbocycles. The maximum absolute atomic E-state index is 13.0. The molecule has 2 aromatic carbocycles. The summed E-state index contributed by atoms with van der Waals surface area (Å²) in [4.78, 5) is 3.66. The van der Waals surface area contributed by atoms with E-state index in [1.54, 1.807) is 18.5 Å². The summed E-state index contributed by atoms with van der Waals surface area (Å²) in [6.07, 6.45) is -0.762. The number of nitrogens with one attached hydrogen (secondary N) is 1. The number of halogens is 3. The zero-order valence-electron chi connectivity index (χ0n) is 16.4. The van der Waals surface area contributed by atoms with Gasteiger partial charge in [-0.2, -0.15) is 13.2 Å². The first-order chi connectivity index (χ1) is 14.1. The summed E-state index contributed by atoms with van der Waals surface area (Å²) in [5.74, 6) is 0. The molecule has 3 aromatic rings. The molecule has 8 heteroatoms. The summed E-state index contributed by atoms with van der Waals surface area (Å²) in [6, 6.07) is 12.4. The van der Waals surface area contributed by atoms with Crippen LogP contribution < -0.4 is 4.72 Å². The van der Waals surface area contributed by atoms with Crippen LogP contribution in [0, 0.1) is 6.92 Å². The third-order valence-electron chi connectivity index (χ3n) is 4.80. The Morgan fingerprint density at radius 2 is 1.80 bits per heavy atom. The van der Waals surface area contributed by atoms with Crippen molar-refractivity contribution in [1.29, 1.82) is 0 Å². The topological polar surface area (TPSA) is 59.1 Å². The highest BCUT2D eigenvalue weighted by Gasteiger charge is 2.32. The van der Waals surface area contributed by atoms with Gasteiger partial charge in [-0.3, -0.25) is 4.98 Å². The smallest absolute Gasteiger partial charge is 0.264 e. The van der Waals surface area contributed by atoms with Crippen molar-refractivity contribution in [2.24, 2.45) is 0 Å². The van der Waals surface area contributed by atoms with Crippen LogP contribution >= 0.6 is 0 Å². The van der Waals surface area contributed by atoms with Crippen LogP contribution in [0.15, 0.2) is 71.9 Å². The fraction of sp³-hybridized carbons (Fsp3) is 0.227. The van der Waals surface area contributed by atoms with Gasteiger partial charge in [-0.1, -0.05) is 31.2 Å². The highest BCUT2D eigenvalue weighted by atomic mass is 32.2. The van der Waals surface area contributed by atoms with Crippen LogP contribution in [0.4, 0.5) is 13.2 Å². The van der Waals surface area contributed by atoms with Crippen LogP contribution in [0.5, 0.6) is 0 Å². The highest BCUT2D eigenvalue weighted by Crippen LogP contribution is 2.31. The molecule has 1 aromatic heterocycles. The summed E-state index contributed by atoms with van der Waals surface area (Å²) in [7, 11) is -4.15. The summed E-state index contributed by atoms with van der Waals surface area (Å²) >= 11 is 0. The fourth-order valence-corrected chi connectivity index (χ4v) is 4.56. The molecule has 0 amide bonds. The van der Waals surface area contributed by atoms with Crippen molar-refractivity contribution < 1.29 is 21.6 Å². The maximum atomic E-state index is 13.0. The Bertz CT molecular complexity index is 1140. The Morgan fingerprint density at radius 1 is 1.07 bits per heavy atom. The number of hydrogen-bond acceptors (Lipinski definition) is 3. The molecule has 3 rings (SSSR count). The van der Waals surface area contributed by atoms with E-state index in [0.717, 1.165) is 40.5 Å². The van der Waals surface area contributed by atoms with Crippen molar-refractivity contribution >= 4 is 10.0 Å². The van der Waals surface area contributed by atoms with Crippen LogP contribution in [-0.2, 0) is 16.2 Å². The Morgan fingerprint density at radius 3 is 2.47 bits per heavy atom. The monoisotopic (exact) mass is 434 g/mol. The Hall–Kier alpha value is -2.71. The largest absolute Gasteiger partial charge is 0.416 e. The molecule has 0 spiro atoms. The molecular weight excluding hydrogens is 413 g/mol. The molecule has 0 aliphatic heterocycles. The van der Waals surface area contributed by atoms with Gasteiger partial charge in [0.15, 0.2) is 0 Å². The third kappa shape index (κ3) is 4.88. The molecular formula is C22H21F3N2O2S. The lowest BCUT2D eigenvalue weighted by Gasteiger charge is -2.19. The van der Waals surface area contributed by atoms with Crippen LogP contribution in [0.1, 0.15) is 36.1 Å². The van der Waals surface area contributed by atoms with Gasteiger partial charge in [0.2, 0.25) is 10.0 Å². The molecule has 0 radical (unpaired) electrons. The Balaban J connectivity index is 1.92. The van der Waals surface area contributed by atoms with Gasteiger partial charge in [-0.25, -0.2) is 13.1 Å². The number of benzene rings is 2. The van der Waals surface area contributed by atoms with Gasteiger partial charge in [0, 0.05) is 18.4 Å². The molecule has 0 bridgehead atoms. The first-order valence-corrected chi connectivity index (χ1v) is 10.8. The zero-order valence-corrected chi connectivity index (χ0v) is 17.3. The van der Waals surface area contributed by atoms with Gasteiger partial charge in [0.25, 0.3) is 0 Å². The van der Waals surface area contributed by atoms with Crippen molar-refractivity contribution in [1.82, 2.24) is 9.71 Å². The summed E-state index contributed by atoms with van der Waals surface area (Å²) in [6.45, 7) is 3.74. The highest BCUT2D eigenvalue weighted by molar-refractivity contribution is 7.89. The lowest BCUT2D eigenvalue weighted by Crippen LogP contribution is -2.28. The van der Waals surface area contributed by atoms with E-state index in [4.69, 9.17) is 0 Å². The maximum Gasteiger partial charge on any atom is 0.416 e. The van der Waals surface area contributed by atoms with Gasteiger partial charge >= 0.3 is 6.18 Å². The minimum absolute atomic E-state index is 0.420. The number of rotatable bonds is 6. The molecule has 0 aliphatic carbocycles. The molecule has 158 valence electrons. The van der Waals surface area contributed by atoms with Crippen molar-refractivity contribution in [3.05, 3.63) is 83.7 Å². The molecule has 1 heterocycles. The van der Waals surface area contributed by atoms with E-state index in [2.05, 4.69) is 9.71 Å². The Labute approximate surface area is 173 Å². The number of aromatic nitrogens is 1. The van der Waals surface area contributed by atoms with Crippen LogP contribution in [0.3, 0.4) is 0 Å². The number of hydrogen-bond donors (Lipinski definition) is 1. The van der Waals surface area contributed by atoms with Gasteiger partial charge < -0.3 is 0 Å².